The second kappa shape index (κ2) is 7.39. The molecule has 0 saturated carbocycles. The van der Waals surface area contributed by atoms with Crippen LogP contribution in [-0.4, -0.2) is 51.4 Å². The van der Waals surface area contributed by atoms with E-state index in [1.807, 2.05) is 0 Å². The Morgan fingerprint density at radius 1 is 1.21 bits per heavy atom. The van der Waals surface area contributed by atoms with Gasteiger partial charge in [0.1, 0.15) is 23.4 Å². The van der Waals surface area contributed by atoms with Crippen molar-refractivity contribution in [3.63, 3.8) is 0 Å². The minimum Gasteiger partial charge on any atom is -0.507 e. The predicted octanol–water partition coefficient (Wildman–Crippen LogP) is 3.11. The zero-order valence-electron chi connectivity index (χ0n) is 14.9. The summed E-state index contributed by atoms with van der Waals surface area (Å²) in [6, 6.07) is 6.53. The first-order valence-electron chi connectivity index (χ1n) is 8.84. The van der Waals surface area contributed by atoms with Crippen molar-refractivity contribution < 1.29 is 27.4 Å². The van der Waals surface area contributed by atoms with Crippen LogP contribution in [0.15, 0.2) is 36.5 Å². The molecule has 154 valence electrons. The summed E-state index contributed by atoms with van der Waals surface area (Å²) in [4.78, 5) is 0. The number of fused-ring (bicyclic) bond motifs is 1. The third-order valence-electron chi connectivity index (χ3n) is 4.55. The number of piperidine rings is 1. The van der Waals surface area contributed by atoms with Gasteiger partial charge in [-0.15, -0.1) is 23.4 Å². The Bertz CT molecular complexity index is 1020. The zero-order valence-corrected chi connectivity index (χ0v) is 14.9. The van der Waals surface area contributed by atoms with Crippen LogP contribution >= 0.6 is 0 Å². The fraction of sp³-hybridized carbons (Fsp3) is 0.333. The molecule has 0 spiro atoms. The van der Waals surface area contributed by atoms with E-state index in [-0.39, 0.29) is 17.3 Å². The van der Waals surface area contributed by atoms with Gasteiger partial charge in [0.05, 0.1) is 5.52 Å². The molecule has 1 saturated heterocycles. The van der Waals surface area contributed by atoms with Crippen molar-refractivity contribution in [2.45, 2.75) is 25.0 Å². The number of alkyl halides is 4. The van der Waals surface area contributed by atoms with Gasteiger partial charge in [-0.2, -0.15) is 0 Å². The molecule has 1 aliphatic heterocycles. The summed E-state index contributed by atoms with van der Waals surface area (Å²) in [7, 11) is 0. The number of aromatic hydroxyl groups is 1. The van der Waals surface area contributed by atoms with Crippen LogP contribution in [0.4, 0.5) is 23.5 Å². The van der Waals surface area contributed by atoms with Crippen LogP contribution in [0, 0.1) is 0 Å². The lowest BCUT2D eigenvalue weighted by atomic mass is 10.1. The fourth-order valence-corrected chi connectivity index (χ4v) is 3.34. The molecular formula is C18H17F4N5O2. The lowest BCUT2D eigenvalue weighted by Gasteiger charge is -2.27. The average molecular weight is 411 g/mol. The molecule has 7 nitrogen and oxygen atoms in total. The van der Waals surface area contributed by atoms with Gasteiger partial charge in [0.15, 0.2) is 0 Å². The Hall–Kier alpha value is -3.08. The van der Waals surface area contributed by atoms with Crippen LogP contribution in [0.3, 0.4) is 0 Å². The van der Waals surface area contributed by atoms with Crippen LogP contribution in [0.25, 0.3) is 16.8 Å². The number of nitrogens with one attached hydrogen (secondary N) is 2. The third-order valence-corrected chi connectivity index (χ3v) is 4.55. The van der Waals surface area contributed by atoms with Gasteiger partial charge < -0.3 is 20.5 Å². The Labute approximate surface area is 162 Å². The molecule has 4 rings (SSSR count). The van der Waals surface area contributed by atoms with Gasteiger partial charge in [0.2, 0.25) is 5.95 Å². The first-order valence-corrected chi connectivity index (χ1v) is 8.84. The summed E-state index contributed by atoms with van der Waals surface area (Å²) in [6.07, 6.45) is -3.76. The minimum atomic E-state index is -4.86. The molecule has 0 radical (unpaired) electrons. The second-order valence-corrected chi connectivity index (χ2v) is 6.69. The number of halogens is 4. The zero-order chi connectivity index (χ0) is 20.6. The minimum absolute atomic E-state index is 0.170. The first kappa shape index (κ1) is 19.2. The molecule has 11 heteroatoms. The number of phenols is 1. The van der Waals surface area contributed by atoms with Gasteiger partial charge in [-0.1, -0.05) is 0 Å². The summed E-state index contributed by atoms with van der Waals surface area (Å²) >= 11 is 0. The van der Waals surface area contributed by atoms with Crippen molar-refractivity contribution in [1.29, 1.82) is 0 Å². The smallest absolute Gasteiger partial charge is 0.507 e. The molecule has 2 atom stereocenters. The molecule has 1 fully saturated rings. The lowest BCUT2D eigenvalue weighted by Crippen LogP contribution is -2.44. The number of phenolic OH excluding ortho intramolecular Hbond substituents is 1. The highest BCUT2D eigenvalue weighted by atomic mass is 19.4. The van der Waals surface area contributed by atoms with E-state index >= 15 is 0 Å². The molecule has 0 bridgehead atoms. The van der Waals surface area contributed by atoms with Crippen molar-refractivity contribution in [2.75, 3.05) is 18.4 Å². The van der Waals surface area contributed by atoms with Crippen molar-refractivity contribution in [2.24, 2.45) is 0 Å². The highest BCUT2D eigenvalue weighted by Crippen LogP contribution is 2.35. The average Bonchev–Trinajstić information content (AvgIpc) is 3.12. The van der Waals surface area contributed by atoms with Crippen molar-refractivity contribution in [3.8, 4) is 22.8 Å². The van der Waals surface area contributed by atoms with Gasteiger partial charge in [0, 0.05) is 43.4 Å². The van der Waals surface area contributed by atoms with Gasteiger partial charge in [-0.05, 0) is 24.3 Å². The standard InChI is InChI=1S/C18H17F4N5O2/c19-10-6-11(9-23-8-10)24-17-26-25-16(14-2-1-5-27(14)17)13-4-3-12(7-15(13)28)29-18(20,21)22/h1-5,7,10-11,23,28H,6,8-9H2,(H,24,26)/t10-,11-/m1/s1. The molecule has 2 aromatic heterocycles. The number of hydrogen-bond donors (Lipinski definition) is 3. The van der Waals surface area contributed by atoms with Crippen LogP contribution in [0.5, 0.6) is 11.5 Å². The second-order valence-electron chi connectivity index (χ2n) is 6.69. The van der Waals surface area contributed by atoms with Gasteiger partial charge >= 0.3 is 6.36 Å². The number of rotatable bonds is 4. The number of aromatic nitrogens is 3. The number of nitrogens with zero attached hydrogens (tertiary/aromatic N) is 3. The maximum absolute atomic E-state index is 13.6. The van der Waals surface area contributed by atoms with Crippen molar-refractivity contribution >= 4 is 11.5 Å². The Kier molecular flexibility index (Phi) is 4.91. The summed E-state index contributed by atoms with van der Waals surface area (Å²) in [5.41, 5.74) is 1.05. The van der Waals surface area contributed by atoms with Crippen LogP contribution in [0.1, 0.15) is 6.42 Å². The molecule has 3 N–H and O–H groups in total. The highest BCUT2D eigenvalue weighted by Gasteiger charge is 2.31. The normalized spacial score (nSPS) is 20.0. The number of ether oxygens (including phenoxy) is 1. The molecule has 0 amide bonds. The third kappa shape index (κ3) is 4.19. The SMILES string of the molecule is Oc1cc(OC(F)(F)F)ccc1-c1nnc(N[C@H]2CNC[C@H](F)C2)n2cccc12. The predicted molar refractivity (Wildman–Crippen MR) is 96.6 cm³/mol. The van der Waals surface area contributed by atoms with E-state index in [9.17, 15) is 22.7 Å². The Balaban J connectivity index is 1.65. The highest BCUT2D eigenvalue weighted by molar-refractivity contribution is 5.81. The van der Waals surface area contributed by atoms with E-state index in [1.165, 1.54) is 6.07 Å². The quantitative estimate of drug-likeness (QED) is 0.573. The van der Waals surface area contributed by atoms with Crippen LogP contribution in [0.2, 0.25) is 0 Å². The van der Waals surface area contributed by atoms with Gasteiger partial charge in [-0.25, -0.2) is 4.39 Å². The molecule has 0 aliphatic carbocycles. The maximum Gasteiger partial charge on any atom is 0.573 e. The Morgan fingerprint density at radius 3 is 2.76 bits per heavy atom. The summed E-state index contributed by atoms with van der Waals surface area (Å²) < 4.78 is 56.2. The van der Waals surface area contributed by atoms with E-state index in [0.29, 0.717) is 31.0 Å². The van der Waals surface area contributed by atoms with Crippen molar-refractivity contribution in [3.05, 3.63) is 36.5 Å². The molecule has 1 aromatic carbocycles. The van der Waals surface area contributed by atoms with Crippen LogP contribution in [-0.2, 0) is 0 Å². The lowest BCUT2D eigenvalue weighted by molar-refractivity contribution is -0.274. The monoisotopic (exact) mass is 411 g/mol. The van der Waals surface area contributed by atoms with E-state index < -0.39 is 24.0 Å². The van der Waals surface area contributed by atoms with Crippen molar-refractivity contribution in [1.82, 2.24) is 19.9 Å². The number of benzene rings is 1. The van der Waals surface area contributed by atoms with E-state index in [0.717, 1.165) is 12.1 Å². The van der Waals surface area contributed by atoms with E-state index in [2.05, 4.69) is 25.6 Å². The van der Waals surface area contributed by atoms with E-state index in [1.54, 1.807) is 22.7 Å². The molecule has 3 aromatic rings. The first-order chi connectivity index (χ1) is 13.8. The summed E-state index contributed by atoms with van der Waals surface area (Å²) in [6.45, 7) is 0.892. The largest absolute Gasteiger partial charge is 0.573 e. The number of anilines is 1. The molecular weight excluding hydrogens is 394 g/mol. The molecule has 0 unspecified atom stereocenters. The summed E-state index contributed by atoms with van der Waals surface area (Å²) in [5.74, 6) is -0.574. The number of hydrogen-bond acceptors (Lipinski definition) is 6. The molecule has 1 aliphatic rings. The van der Waals surface area contributed by atoms with Crippen LogP contribution < -0.4 is 15.4 Å². The molecule has 3 heterocycles. The Morgan fingerprint density at radius 2 is 2.03 bits per heavy atom. The summed E-state index contributed by atoms with van der Waals surface area (Å²) in [5, 5.41) is 24.6. The fourth-order valence-electron chi connectivity index (χ4n) is 3.34. The topological polar surface area (TPSA) is 83.7 Å². The van der Waals surface area contributed by atoms with Gasteiger partial charge in [-0.3, -0.25) is 4.40 Å². The van der Waals surface area contributed by atoms with E-state index in [4.69, 9.17) is 0 Å². The van der Waals surface area contributed by atoms with Gasteiger partial charge in [0.25, 0.3) is 0 Å². The maximum atomic E-state index is 13.6. The molecule has 29 heavy (non-hydrogen) atoms.